The van der Waals surface area contributed by atoms with Gasteiger partial charge in [-0.15, -0.1) is 0 Å². The second kappa shape index (κ2) is 6.66. The lowest BCUT2D eigenvalue weighted by atomic mass is 10.1. The fraction of sp³-hybridized carbons (Fsp3) is 0.533. The second-order valence-electron chi connectivity index (χ2n) is 4.84. The van der Waals surface area contributed by atoms with Crippen LogP contribution in [0.4, 0.5) is 0 Å². The van der Waals surface area contributed by atoms with Crippen molar-refractivity contribution in [3.05, 3.63) is 35.9 Å². The molecule has 1 aliphatic rings. The van der Waals surface area contributed by atoms with Crippen LogP contribution in [-0.2, 0) is 4.74 Å². The molecule has 1 saturated heterocycles. The van der Waals surface area contributed by atoms with E-state index >= 15 is 0 Å². The Morgan fingerprint density at radius 1 is 1.39 bits per heavy atom. The molecule has 18 heavy (non-hydrogen) atoms. The summed E-state index contributed by atoms with van der Waals surface area (Å²) in [6.45, 7) is 2.88. The van der Waals surface area contributed by atoms with Gasteiger partial charge in [-0.25, -0.2) is 0 Å². The van der Waals surface area contributed by atoms with Crippen LogP contribution in [0, 0.1) is 0 Å². The third-order valence-corrected chi connectivity index (χ3v) is 3.55. The molecule has 1 unspecified atom stereocenters. The van der Waals surface area contributed by atoms with Crippen molar-refractivity contribution in [1.29, 1.82) is 0 Å². The van der Waals surface area contributed by atoms with Crippen molar-refractivity contribution >= 4 is 5.78 Å². The van der Waals surface area contributed by atoms with Crippen LogP contribution in [0.2, 0.25) is 0 Å². The Balaban J connectivity index is 1.79. The van der Waals surface area contributed by atoms with E-state index in [1.54, 1.807) is 7.11 Å². The van der Waals surface area contributed by atoms with E-state index in [1.807, 2.05) is 30.3 Å². The van der Waals surface area contributed by atoms with E-state index in [4.69, 9.17) is 4.74 Å². The quantitative estimate of drug-likeness (QED) is 0.748. The summed E-state index contributed by atoms with van der Waals surface area (Å²) >= 11 is 0. The molecule has 0 radical (unpaired) electrons. The van der Waals surface area contributed by atoms with E-state index in [2.05, 4.69) is 4.90 Å². The number of carbonyl (C=O) groups excluding carboxylic acids is 1. The maximum absolute atomic E-state index is 12.0. The molecule has 1 aromatic carbocycles. The van der Waals surface area contributed by atoms with Gasteiger partial charge < -0.3 is 9.64 Å². The van der Waals surface area contributed by atoms with Crippen molar-refractivity contribution in [2.24, 2.45) is 0 Å². The van der Waals surface area contributed by atoms with Crippen LogP contribution in [0.1, 0.15) is 29.6 Å². The molecule has 3 nitrogen and oxygen atoms in total. The van der Waals surface area contributed by atoms with Crippen molar-refractivity contribution in [3.8, 4) is 0 Å². The molecule has 1 heterocycles. The first-order valence-corrected chi connectivity index (χ1v) is 6.63. The zero-order valence-corrected chi connectivity index (χ0v) is 11.0. The number of hydrogen-bond acceptors (Lipinski definition) is 3. The minimum atomic E-state index is 0.232. The van der Waals surface area contributed by atoms with Gasteiger partial charge in [0.25, 0.3) is 0 Å². The lowest BCUT2D eigenvalue weighted by Gasteiger charge is -2.31. The van der Waals surface area contributed by atoms with Crippen LogP contribution in [0.15, 0.2) is 30.3 Å². The number of methoxy groups -OCH3 is 1. The number of Topliss-reactive ketones (excluding diaryl/α,β-unsaturated/α-hetero) is 1. The summed E-state index contributed by atoms with van der Waals surface area (Å²) in [7, 11) is 1.77. The van der Waals surface area contributed by atoms with Crippen molar-refractivity contribution in [3.63, 3.8) is 0 Å². The molecule has 0 amide bonds. The molecule has 1 atom stereocenters. The van der Waals surface area contributed by atoms with Gasteiger partial charge in [-0.05, 0) is 19.4 Å². The normalized spacial score (nSPS) is 20.8. The van der Waals surface area contributed by atoms with Gasteiger partial charge in [0.05, 0.1) is 6.10 Å². The van der Waals surface area contributed by atoms with Crippen LogP contribution < -0.4 is 0 Å². The third-order valence-electron chi connectivity index (χ3n) is 3.55. The monoisotopic (exact) mass is 247 g/mol. The molecule has 2 rings (SSSR count). The molecule has 0 aliphatic carbocycles. The summed E-state index contributed by atoms with van der Waals surface area (Å²) in [5.41, 5.74) is 0.817. The first kappa shape index (κ1) is 13.2. The number of nitrogens with zero attached hydrogens (tertiary/aromatic N) is 1. The van der Waals surface area contributed by atoms with Crippen molar-refractivity contribution in [2.75, 3.05) is 26.7 Å². The summed E-state index contributed by atoms with van der Waals surface area (Å²) in [4.78, 5) is 14.3. The molecular formula is C15H21NO2. The number of piperidine rings is 1. The number of likely N-dealkylation sites (tertiary alicyclic amines) is 1. The van der Waals surface area contributed by atoms with E-state index in [0.29, 0.717) is 12.5 Å². The first-order valence-electron chi connectivity index (χ1n) is 6.63. The third kappa shape index (κ3) is 3.65. The number of rotatable bonds is 5. The van der Waals surface area contributed by atoms with E-state index in [-0.39, 0.29) is 5.78 Å². The fourth-order valence-electron chi connectivity index (χ4n) is 2.44. The highest BCUT2D eigenvalue weighted by molar-refractivity contribution is 5.96. The van der Waals surface area contributed by atoms with Gasteiger partial charge in [0.2, 0.25) is 0 Å². The Morgan fingerprint density at radius 2 is 2.17 bits per heavy atom. The Bertz CT molecular complexity index is 377. The molecule has 1 aromatic rings. The van der Waals surface area contributed by atoms with Crippen molar-refractivity contribution in [1.82, 2.24) is 4.90 Å². The molecule has 3 heteroatoms. The molecule has 0 saturated carbocycles. The Labute approximate surface area is 109 Å². The van der Waals surface area contributed by atoms with E-state index < -0.39 is 0 Å². The van der Waals surface area contributed by atoms with Crippen molar-refractivity contribution < 1.29 is 9.53 Å². The number of benzene rings is 1. The van der Waals surface area contributed by atoms with Crippen LogP contribution >= 0.6 is 0 Å². The second-order valence-corrected chi connectivity index (χ2v) is 4.84. The lowest BCUT2D eigenvalue weighted by molar-refractivity contribution is 0.0309. The highest BCUT2D eigenvalue weighted by Gasteiger charge is 2.19. The summed E-state index contributed by atoms with van der Waals surface area (Å²) in [5, 5.41) is 0. The smallest absolute Gasteiger partial charge is 0.164 e. The predicted molar refractivity (Wildman–Crippen MR) is 71.9 cm³/mol. The Hall–Kier alpha value is -1.19. The Morgan fingerprint density at radius 3 is 2.89 bits per heavy atom. The summed E-state index contributed by atoms with van der Waals surface area (Å²) in [6.07, 6.45) is 3.24. The Kier molecular flexibility index (Phi) is 4.90. The topological polar surface area (TPSA) is 29.5 Å². The van der Waals surface area contributed by atoms with Gasteiger partial charge in [0.1, 0.15) is 0 Å². The lowest BCUT2D eigenvalue weighted by Crippen LogP contribution is -2.40. The van der Waals surface area contributed by atoms with E-state index in [9.17, 15) is 4.79 Å². The van der Waals surface area contributed by atoms with Gasteiger partial charge in [-0.2, -0.15) is 0 Å². The van der Waals surface area contributed by atoms with E-state index in [1.165, 1.54) is 0 Å². The predicted octanol–water partition coefficient (Wildman–Crippen LogP) is 2.37. The molecule has 1 fully saturated rings. The molecule has 0 spiro atoms. The maximum atomic E-state index is 12.0. The highest BCUT2D eigenvalue weighted by Crippen LogP contribution is 2.13. The van der Waals surface area contributed by atoms with Gasteiger partial charge in [0, 0.05) is 32.2 Å². The maximum Gasteiger partial charge on any atom is 0.164 e. The summed E-state index contributed by atoms with van der Waals surface area (Å²) in [6, 6.07) is 9.53. The largest absolute Gasteiger partial charge is 0.380 e. The van der Waals surface area contributed by atoms with Gasteiger partial charge >= 0.3 is 0 Å². The van der Waals surface area contributed by atoms with Gasteiger partial charge in [0.15, 0.2) is 5.78 Å². The average molecular weight is 247 g/mol. The van der Waals surface area contributed by atoms with E-state index in [0.717, 1.165) is 38.0 Å². The van der Waals surface area contributed by atoms with Crippen molar-refractivity contribution in [2.45, 2.75) is 25.4 Å². The van der Waals surface area contributed by atoms with Gasteiger partial charge in [-0.3, -0.25) is 4.79 Å². The molecule has 0 aromatic heterocycles. The standard InChI is InChI=1S/C15H21NO2/c1-18-14-8-5-10-16(12-14)11-9-15(17)13-6-3-2-4-7-13/h2-4,6-7,14H,5,8-12H2,1H3. The van der Waals surface area contributed by atoms with Crippen LogP contribution in [0.25, 0.3) is 0 Å². The van der Waals surface area contributed by atoms with Crippen LogP contribution in [0.5, 0.6) is 0 Å². The molecular weight excluding hydrogens is 226 g/mol. The molecule has 98 valence electrons. The summed E-state index contributed by atoms with van der Waals surface area (Å²) in [5.74, 6) is 0.232. The average Bonchev–Trinajstić information content (AvgIpc) is 2.46. The van der Waals surface area contributed by atoms with Crippen LogP contribution in [0.3, 0.4) is 0 Å². The van der Waals surface area contributed by atoms with Gasteiger partial charge in [-0.1, -0.05) is 30.3 Å². The first-order chi connectivity index (χ1) is 8.79. The fourth-order valence-corrected chi connectivity index (χ4v) is 2.44. The molecule has 0 bridgehead atoms. The molecule has 1 aliphatic heterocycles. The highest BCUT2D eigenvalue weighted by atomic mass is 16.5. The number of ketones is 1. The number of carbonyl (C=O) groups is 1. The zero-order chi connectivity index (χ0) is 12.8. The summed E-state index contributed by atoms with van der Waals surface area (Å²) < 4.78 is 5.39. The number of ether oxygens (including phenoxy) is 1. The molecule has 0 N–H and O–H groups in total. The minimum Gasteiger partial charge on any atom is -0.380 e. The SMILES string of the molecule is COC1CCCN(CCC(=O)c2ccccc2)C1. The zero-order valence-electron chi connectivity index (χ0n) is 11.0. The number of hydrogen-bond donors (Lipinski definition) is 0. The minimum absolute atomic E-state index is 0.232. The van der Waals surface area contributed by atoms with Crippen LogP contribution in [-0.4, -0.2) is 43.5 Å².